The third-order valence-electron chi connectivity index (χ3n) is 4.01. The average molecular weight is 373 g/mol. The molecule has 2 aromatic carbocycles. The second kappa shape index (κ2) is 8.12. The van der Waals surface area contributed by atoms with Crippen LogP contribution in [0.3, 0.4) is 0 Å². The predicted octanol–water partition coefficient (Wildman–Crippen LogP) is 4.98. The van der Waals surface area contributed by atoms with Crippen molar-refractivity contribution in [3.8, 4) is 0 Å². The van der Waals surface area contributed by atoms with Gasteiger partial charge in [0.15, 0.2) is 0 Å². The molecule has 3 nitrogen and oxygen atoms in total. The minimum absolute atomic E-state index is 0.257. The zero-order chi connectivity index (χ0) is 19.3. The second-order valence-corrected chi connectivity index (χ2v) is 5.90. The van der Waals surface area contributed by atoms with Crippen molar-refractivity contribution >= 4 is 13.2 Å². The van der Waals surface area contributed by atoms with Crippen LogP contribution in [-0.2, 0) is 0 Å². The van der Waals surface area contributed by atoms with E-state index in [2.05, 4.69) is 69.9 Å². The highest BCUT2D eigenvalue weighted by atomic mass is 19.5. The molecule has 8 heteroatoms. The molecule has 1 aromatic heterocycles. The van der Waals surface area contributed by atoms with Crippen LogP contribution in [-0.4, -0.2) is 23.3 Å². The smallest absolute Gasteiger partial charge is 0.418 e. The first kappa shape index (κ1) is 18.8. The zero-order valence-corrected chi connectivity index (χ0v) is 14.1. The summed E-state index contributed by atoms with van der Waals surface area (Å²) in [6.07, 6.45) is 3.52. The van der Waals surface area contributed by atoms with Crippen molar-refractivity contribution in [3.63, 3.8) is 0 Å². The molecule has 1 heterocycles. The number of benzene rings is 2. The van der Waals surface area contributed by atoms with Crippen molar-refractivity contribution in [2.75, 3.05) is 5.32 Å². The maximum atomic E-state index is 9.75. The first-order chi connectivity index (χ1) is 12.9. The minimum Gasteiger partial charge on any atom is -0.418 e. The summed E-state index contributed by atoms with van der Waals surface area (Å²) in [7, 11) is -6.00. The van der Waals surface area contributed by atoms with Gasteiger partial charge in [-0.05, 0) is 29.8 Å². The van der Waals surface area contributed by atoms with Crippen molar-refractivity contribution in [2.45, 2.75) is 12.0 Å². The fourth-order valence-electron chi connectivity index (χ4n) is 2.96. The van der Waals surface area contributed by atoms with Crippen LogP contribution < -0.4 is 5.32 Å². The Kier molecular flexibility index (Phi) is 5.64. The molecule has 1 aliphatic rings. The van der Waals surface area contributed by atoms with Crippen LogP contribution in [0.15, 0.2) is 79.1 Å². The molecule has 0 aliphatic heterocycles. The summed E-state index contributed by atoms with van der Waals surface area (Å²) < 4.78 is 39.0. The van der Waals surface area contributed by atoms with Crippen LogP contribution in [0.2, 0.25) is 0 Å². The minimum atomic E-state index is -6.00. The van der Waals surface area contributed by atoms with Crippen molar-refractivity contribution < 1.29 is 17.3 Å². The van der Waals surface area contributed by atoms with Gasteiger partial charge in [0.05, 0.1) is 11.8 Å². The highest BCUT2D eigenvalue weighted by molar-refractivity contribution is 6.50. The monoisotopic (exact) mass is 373 g/mol. The number of anilines is 1. The summed E-state index contributed by atoms with van der Waals surface area (Å²) in [4.78, 5) is 8.56. The summed E-state index contributed by atoms with van der Waals surface area (Å²) >= 11 is 0. The van der Waals surface area contributed by atoms with Gasteiger partial charge >= 0.3 is 7.25 Å². The van der Waals surface area contributed by atoms with E-state index in [4.69, 9.17) is 0 Å². The van der Waals surface area contributed by atoms with Gasteiger partial charge in [-0.3, -0.25) is 0 Å². The molecule has 1 N–H and O–H groups in total. The molecule has 4 rings (SSSR count). The van der Waals surface area contributed by atoms with Gasteiger partial charge in [-0.1, -0.05) is 30.3 Å². The lowest BCUT2D eigenvalue weighted by molar-refractivity contribution is 0.368. The van der Waals surface area contributed by atoms with Crippen molar-refractivity contribution in [1.82, 2.24) is 9.97 Å². The van der Waals surface area contributed by atoms with Crippen LogP contribution in [0.25, 0.3) is 0 Å². The maximum absolute atomic E-state index is 9.75. The van der Waals surface area contributed by atoms with Gasteiger partial charge < -0.3 is 22.6 Å². The van der Waals surface area contributed by atoms with E-state index >= 15 is 0 Å². The molecule has 1 saturated carbocycles. The van der Waals surface area contributed by atoms with Gasteiger partial charge in [0.1, 0.15) is 11.6 Å². The normalized spacial score (nSPS) is 18.3. The van der Waals surface area contributed by atoms with Crippen LogP contribution >= 0.6 is 0 Å². The summed E-state index contributed by atoms with van der Waals surface area (Å²) in [5.74, 6) is 2.46. The van der Waals surface area contributed by atoms with Gasteiger partial charge in [0.2, 0.25) is 5.95 Å². The molecule has 2 unspecified atom stereocenters. The summed E-state index contributed by atoms with van der Waals surface area (Å²) in [5, 5.41) is 3.45. The zero-order valence-electron chi connectivity index (χ0n) is 14.1. The summed E-state index contributed by atoms with van der Waals surface area (Å²) in [6, 6.07) is 23.2. The Morgan fingerprint density at radius 1 is 0.778 bits per heavy atom. The van der Waals surface area contributed by atoms with E-state index in [0.29, 0.717) is 11.9 Å². The standard InChI is InChI=1S/C19H16N3.BF4/c1-3-8-14(9-4-1)16-17(15-10-5-2-6-11-15)18(16)22-19-20-12-7-13-21-19;2-1(3,4)5/h1-13,16,18H,(H,20,21,22);/q+1;-1. The highest BCUT2D eigenvalue weighted by Gasteiger charge is 2.59. The molecule has 0 radical (unpaired) electrons. The first-order valence-corrected chi connectivity index (χ1v) is 8.31. The third-order valence-corrected chi connectivity index (χ3v) is 4.01. The molecule has 1 fully saturated rings. The van der Waals surface area contributed by atoms with Crippen molar-refractivity contribution in [2.24, 2.45) is 0 Å². The van der Waals surface area contributed by atoms with E-state index < -0.39 is 7.25 Å². The SMILES string of the molecule is F[B-](F)(F)F.c1ccc([C+]2C(Nc3ncccn3)C2c2ccccc2)cc1. The lowest BCUT2D eigenvalue weighted by atomic mass is 10.0. The number of nitrogens with one attached hydrogen (secondary N) is 1. The Morgan fingerprint density at radius 3 is 1.85 bits per heavy atom. The lowest BCUT2D eigenvalue weighted by Gasteiger charge is -2.00. The summed E-state index contributed by atoms with van der Waals surface area (Å²) in [5.41, 5.74) is 2.61. The number of aromatic nitrogens is 2. The second-order valence-electron chi connectivity index (χ2n) is 5.90. The third kappa shape index (κ3) is 5.47. The van der Waals surface area contributed by atoms with Gasteiger partial charge in [-0.2, -0.15) is 0 Å². The van der Waals surface area contributed by atoms with E-state index in [-0.39, 0.29) is 6.04 Å². The number of nitrogens with zero attached hydrogens (tertiary/aromatic N) is 2. The highest BCUT2D eigenvalue weighted by Crippen LogP contribution is 2.54. The van der Waals surface area contributed by atoms with Crippen LogP contribution in [0.1, 0.15) is 17.0 Å². The van der Waals surface area contributed by atoms with Crippen LogP contribution in [0.4, 0.5) is 23.2 Å². The number of halogens is 4. The lowest BCUT2D eigenvalue weighted by Crippen LogP contribution is -2.08. The quantitative estimate of drug-likeness (QED) is 0.398. The molecule has 2 atom stereocenters. The van der Waals surface area contributed by atoms with Gasteiger partial charge in [0, 0.05) is 24.5 Å². The molecular weight excluding hydrogens is 357 g/mol. The average Bonchev–Trinajstić information content (AvgIpc) is 3.36. The molecule has 0 saturated heterocycles. The number of hydrogen-bond acceptors (Lipinski definition) is 3. The van der Waals surface area contributed by atoms with E-state index in [1.165, 1.54) is 17.0 Å². The van der Waals surface area contributed by atoms with Crippen molar-refractivity contribution in [1.29, 1.82) is 0 Å². The molecule has 0 spiro atoms. The number of hydrogen-bond donors (Lipinski definition) is 1. The Labute approximate surface area is 154 Å². The Bertz CT molecular complexity index is 780. The van der Waals surface area contributed by atoms with Gasteiger partial charge in [0.25, 0.3) is 0 Å². The molecule has 1 aliphatic carbocycles. The Balaban J connectivity index is 0.000000376. The van der Waals surface area contributed by atoms with E-state index in [0.717, 1.165) is 0 Å². The molecule has 0 amide bonds. The first-order valence-electron chi connectivity index (χ1n) is 8.31. The van der Waals surface area contributed by atoms with Crippen LogP contribution in [0, 0.1) is 5.92 Å². The van der Waals surface area contributed by atoms with Crippen LogP contribution in [0.5, 0.6) is 0 Å². The van der Waals surface area contributed by atoms with Gasteiger partial charge in [-0.25, -0.2) is 9.97 Å². The van der Waals surface area contributed by atoms with Gasteiger partial charge in [-0.15, -0.1) is 0 Å². The number of rotatable bonds is 4. The molecule has 138 valence electrons. The van der Waals surface area contributed by atoms with E-state index in [9.17, 15) is 17.3 Å². The van der Waals surface area contributed by atoms with E-state index in [1.807, 2.05) is 12.1 Å². The molecule has 27 heavy (non-hydrogen) atoms. The van der Waals surface area contributed by atoms with E-state index in [1.54, 1.807) is 12.4 Å². The largest absolute Gasteiger partial charge is 0.673 e. The topological polar surface area (TPSA) is 37.8 Å². The molecule has 3 aromatic rings. The maximum Gasteiger partial charge on any atom is 0.673 e. The summed E-state index contributed by atoms with van der Waals surface area (Å²) in [6.45, 7) is 0. The fourth-order valence-corrected chi connectivity index (χ4v) is 2.96. The predicted molar refractivity (Wildman–Crippen MR) is 97.6 cm³/mol. The fraction of sp³-hybridized carbons (Fsp3) is 0.105. The molecule has 0 bridgehead atoms. The molecular formula is C19H16BF4N3. The Hall–Kier alpha value is -3.03. The Morgan fingerprint density at radius 2 is 1.30 bits per heavy atom. The van der Waals surface area contributed by atoms with Crippen molar-refractivity contribution in [3.05, 3.63) is 96.2 Å².